The summed E-state index contributed by atoms with van der Waals surface area (Å²) in [6, 6.07) is 12.7. The van der Waals surface area contributed by atoms with Gasteiger partial charge >= 0.3 is 5.97 Å². The number of rotatable bonds is 2. The normalized spacial score (nSPS) is 16.4. The van der Waals surface area contributed by atoms with Gasteiger partial charge in [0.1, 0.15) is 12.4 Å². The molecule has 1 aliphatic rings. The fourth-order valence-electron chi connectivity index (χ4n) is 2.00. The summed E-state index contributed by atoms with van der Waals surface area (Å²) in [6.45, 7) is 2.10. The minimum Gasteiger partial charge on any atom is -0.485 e. The zero-order valence-corrected chi connectivity index (χ0v) is 12.9. The lowest BCUT2D eigenvalue weighted by Gasteiger charge is -2.25. The van der Waals surface area contributed by atoms with Crippen molar-refractivity contribution in [3.05, 3.63) is 52.5 Å². The Hall–Kier alpha value is -2.01. The van der Waals surface area contributed by atoms with Crippen molar-refractivity contribution in [1.82, 2.24) is 0 Å². The third-order valence-electron chi connectivity index (χ3n) is 3.07. The molecule has 0 fully saturated rings. The summed E-state index contributed by atoms with van der Waals surface area (Å²) in [7, 11) is 0. The molecule has 0 unspecified atom stereocenters. The predicted octanol–water partition coefficient (Wildman–Crippen LogP) is 3.50. The van der Waals surface area contributed by atoms with Crippen LogP contribution in [-0.4, -0.2) is 18.7 Å². The highest BCUT2D eigenvalue weighted by Gasteiger charge is 2.29. The molecule has 1 heterocycles. The number of hydrogen-bond donors (Lipinski definition) is 0. The molecule has 0 aliphatic carbocycles. The maximum absolute atomic E-state index is 12.2. The Balaban J connectivity index is 1.72. The summed E-state index contributed by atoms with van der Waals surface area (Å²) >= 11 is 3.38. The molecule has 21 heavy (non-hydrogen) atoms. The summed E-state index contributed by atoms with van der Waals surface area (Å²) in [5.74, 6) is 1.17. The van der Waals surface area contributed by atoms with Crippen LogP contribution in [0.1, 0.15) is 5.56 Å². The van der Waals surface area contributed by atoms with Gasteiger partial charge in [0.15, 0.2) is 11.5 Å². The number of benzene rings is 2. The van der Waals surface area contributed by atoms with E-state index in [0.29, 0.717) is 17.2 Å². The van der Waals surface area contributed by atoms with Gasteiger partial charge in [-0.15, -0.1) is 0 Å². The molecule has 0 spiro atoms. The van der Waals surface area contributed by atoms with E-state index in [2.05, 4.69) is 15.9 Å². The molecule has 0 radical (unpaired) electrons. The number of fused-ring (bicyclic) bond motifs is 1. The Kier molecular flexibility index (Phi) is 3.84. The van der Waals surface area contributed by atoms with E-state index in [0.717, 1.165) is 10.0 Å². The number of hydrogen-bond acceptors (Lipinski definition) is 4. The number of carbonyl (C=O) groups excluding carboxylic acids is 1. The lowest BCUT2D eigenvalue weighted by molar-refractivity contribution is -0.144. The second-order valence-corrected chi connectivity index (χ2v) is 5.57. The van der Waals surface area contributed by atoms with Gasteiger partial charge in [0, 0.05) is 0 Å². The quantitative estimate of drug-likeness (QED) is 0.615. The number of aryl methyl sites for hydroxylation is 1. The first kappa shape index (κ1) is 13.9. The van der Waals surface area contributed by atoms with Crippen LogP contribution < -0.4 is 14.2 Å². The van der Waals surface area contributed by atoms with Crippen LogP contribution in [0.25, 0.3) is 0 Å². The van der Waals surface area contributed by atoms with Crippen LogP contribution in [0.5, 0.6) is 17.2 Å². The van der Waals surface area contributed by atoms with Gasteiger partial charge in [-0.05, 0) is 52.7 Å². The molecule has 0 saturated carbocycles. The van der Waals surface area contributed by atoms with Crippen molar-refractivity contribution in [3.63, 3.8) is 0 Å². The van der Waals surface area contributed by atoms with E-state index in [9.17, 15) is 4.79 Å². The zero-order chi connectivity index (χ0) is 14.8. The SMILES string of the molecule is Cc1ccc(OC(=O)[C@@H]2COc3ccccc3O2)c(Br)c1. The monoisotopic (exact) mass is 348 g/mol. The summed E-state index contributed by atoms with van der Waals surface area (Å²) < 4.78 is 17.2. The van der Waals surface area contributed by atoms with Gasteiger partial charge in [-0.2, -0.15) is 0 Å². The summed E-state index contributed by atoms with van der Waals surface area (Å²) in [4.78, 5) is 12.2. The van der Waals surface area contributed by atoms with Crippen LogP contribution in [0, 0.1) is 6.92 Å². The zero-order valence-electron chi connectivity index (χ0n) is 11.3. The molecule has 0 N–H and O–H groups in total. The third kappa shape index (κ3) is 3.03. The van der Waals surface area contributed by atoms with Crippen molar-refractivity contribution in [1.29, 1.82) is 0 Å². The molecule has 0 saturated heterocycles. The van der Waals surface area contributed by atoms with Crippen molar-refractivity contribution in [2.24, 2.45) is 0 Å². The fourth-order valence-corrected chi connectivity index (χ4v) is 2.57. The van der Waals surface area contributed by atoms with E-state index in [1.807, 2.05) is 31.2 Å². The third-order valence-corrected chi connectivity index (χ3v) is 3.69. The molecule has 3 rings (SSSR count). The van der Waals surface area contributed by atoms with Crippen molar-refractivity contribution in [3.8, 4) is 17.2 Å². The topological polar surface area (TPSA) is 44.8 Å². The van der Waals surface area contributed by atoms with Gasteiger partial charge in [0.2, 0.25) is 6.10 Å². The summed E-state index contributed by atoms with van der Waals surface area (Å²) in [5, 5.41) is 0. The minimum atomic E-state index is -0.770. The molecule has 1 atom stereocenters. The molecule has 5 heteroatoms. The highest BCUT2D eigenvalue weighted by Crippen LogP contribution is 2.32. The van der Waals surface area contributed by atoms with E-state index in [-0.39, 0.29) is 6.61 Å². The molecule has 2 aromatic rings. The first-order valence-electron chi connectivity index (χ1n) is 6.50. The second-order valence-electron chi connectivity index (χ2n) is 4.72. The molecule has 0 aromatic heterocycles. The molecule has 4 nitrogen and oxygen atoms in total. The van der Waals surface area contributed by atoms with Gasteiger partial charge in [-0.25, -0.2) is 4.79 Å². The first-order valence-corrected chi connectivity index (χ1v) is 7.29. The number of esters is 1. The van der Waals surface area contributed by atoms with Gasteiger partial charge in [0.05, 0.1) is 4.47 Å². The van der Waals surface area contributed by atoms with E-state index in [1.165, 1.54) is 0 Å². The molecule has 1 aliphatic heterocycles. The van der Waals surface area contributed by atoms with Crippen LogP contribution in [0.3, 0.4) is 0 Å². The molecular weight excluding hydrogens is 336 g/mol. The lowest BCUT2D eigenvalue weighted by Crippen LogP contribution is -2.39. The van der Waals surface area contributed by atoms with Crippen molar-refractivity contribution in [2.75, 3.05) is 6.61 Å². The van der Waals surface area contributed by atoms with Crippen LogP contribution in [-0.2, 0) is 4.79 Å². The van der Waals surface area contributed by atoms with Crippen LogP contribution >= 0.6 is 15.9 Å². The number of ether oxygens (including phenoxy) is 3. The Morgan fingerprint density at radius 3 is 2.76 bits per heavy atom. The minimum absolute atomic E-state index is 0.138. The number of carbonyl (C=O) groups is 1. The number of para-hydroxylation sites is 2. The van der Waals surface area contributed by atoms with E-state index < -0.39 is 12.1 Å². The summed E-state index contributed by atoms with van der Waals surface area (Å²) in [5.41, 5.74) is 1.08. The maximum Gasteiger partial charge on any atom is 0.356 e. The molecule has 108 valence electrons. The van der Waals surface area contributed by atoms with Crippen molar-refractivity contribution in [2.45, 2.75) is 13.0 Å². The molecule has 0 amide bonds. The van der Waals surface area contributed by atoms with Crippen LogP contribution in [0.15, 0.2) is 46.9 Å². The largest absolute Gasteiger partial charge is 0.485 e. The molecular formula is C16H13BrO4. The van der Waals surface area contributed by atoms with E-state index >= 15 is 0 Å². The Morgan fingerprint density at radius 2 is 2.00 bits per heavy atom. The van der Waals surface area contributed by atoms with Gasteiger partial charge in [-0.1, -0.05) is 18.2 Å². The standard InChI is InChI=1S/C16H13BrO4/c1-10-6-7-12(11(17)8-10)21-16(18)15-9-19-13-4-2-3-5-14(13)20-15/h2-8,15H,9H2,1H3/t15-/m0/s1. The first-order chi connectivity index (χ1) is 10.1. The Labute approximate surface area is 130 Å². The van der Waals surface area contributed by atoms with E-state index in [1.54, 1.807) is 18.2 Å². The smallest absolute Gasteiger partial charge is 0.356 e. The number of halogens is 1. The van der Waals surface area contributed by atoms with Gasteiger partial charge in [-0.3, -0.25) is 0 Å². The van der Waals surface area contributed by atoms with E-state index in [4.69, 9.17) is 14.2 Å². The molecule has 2 aromatic carbocycles. The average Bonchev–Trinajstić information content (AvgIpc) is 2.49. The van der Waals surface area contributed by atoms with Crippen LogP contribution in [0.4, 0.5) is 0 Å². The predicted molar refractivity (Wildman–Crippen MR) is 80.9 cm³/mol. The summed E-state index contributed by atoms with van der Waals surface area (Å²) in [6.07, 6.45) is -0.770. The Morgan fingerprint density at radius 1 is 1.24 bits per heavy atom. The fraction of sp³-hybridized carbons (Fsp3) is 0.188. The molecule has 0 bridgehead atoms. The van der Waals surface area contributed by atoms with Crippen LogP contribution in [0.2, 0.25) is 0 Å². The highest BCUT2D eigenvalue weighted by atomic mass is 79.9. The second kappa shape index (κ2) is 5.77. The van der Waals surface area contributed by atoms with Crippen molar-refractivity contribution < 1.29 is 19.0 Å². The van der Waals surface area contributed by atoms with Gasteiger partial charge < -0.3 is 14.2 Å². The van der Waals surface area contributed by atoms with Crippen molar-refractivity contribution >= 4 is 21.9 Å². The van der Waals surface area contributed by atoms with Gasteiger partial charge in [0.25, 0.3) is 0 Å². The highest BCUT2D eigenvalue weighted by molar-refractivity contribution is 9.10. The Bertz CT molecular complexity index is 684. The maximum atomic E-state index is 12.2. The average molecular weight is 349 g/mol. The lowest BCUT2D eigenvalue weighted by atomic mass is 10.2.